The van der Waals surface area contributed by atoms with Gasteiger partial charge in [0.1, 0.15) is 6.07 Å². The fourth-order valence-electron chi connectivity index (χ4n) is 1.83. The molecule has 0 aliphatic heterocycles. The normalized spacial score (nSPS) is 10.6. The lowest BCUT2D eigenvalue weighted by molar-refractivity contribution is -0.137. The smallest absolute Gasteiger partial charge is 0.318 e. The molecule has 0 saturated carbocycles. The van der Waals surface area contributed by atoms with Crippen LogP contribution in [0.2, 0.25) is 0 Å². The molecule has 0 aromatic heterocycles. The summed E-state index contributed by atoms with van der Waals surface area (Å²) < 4.78 is 37.8. The standard InChI is InChI=1S/C16H10F3N3O2/c17-16(18,19)11-5-3-6-12(8-11)21-14(23)15(24)22-13-7-2-1-4-10(13)9-20/h1-8H,(H,21,23)(H,22,24). The summed E-state index contributed by atoms with van der Waals surface area (Å²) in [4.78, 5) is 23.6. The Morgan fingerprint density at radius 2 is 1.62 bits per heavy atom. The van der Waals surface area contributed by atoms with E-state index in [0.717, 1.165) is 12.1 Å². The molecule has 0 atom stereocenters. The third-order valence-electron chi connectivity index (χ3n) is 2.95. The number of nitrogens with one attached hydrogen (secondary N) is 2. The molecule has 5 nitrogen and oxygen atoms in total. The van der Waals surface area contributed by atoms with Crippen LogP contribution in [-0.4, -0.2) is 11.8 Å². The number of benzene rings is 2. The number of anilines is 2. The van der Waals surface area contributed by atoms with Crippen LogP contribution in [0.1, 0.15) is 11.1 Å². The van der Waals surface area contributed by atoms with Crippen molar-refractivity contribution >= 4 is 23.2 Å². The van der Waals surface area contributed by atoms with E-state index in [2.05, 4.69) is 10.6 Å². The van der Waals surface area contributed by atoms with E-state index in [-0.39, 0.29) is 16.9 Å². The average Bonchev–Trinajstić information content (AvgIpc) is 2.54. The molecule has 0 fully saturated rings. The highest BCUT2D eigenvalue weighted by Crippen LogP contribution is 2.30. The minimum absolute atomic E-state index is 0.129. The number of hydrogen-bond acceptors (Lipinski definition) is 3. The van der Waals surface area contributed by atoms with Crippen LogP contribution >= 0.6 is 0 Å². The molecule has 2 amide bonds. The second kappa shape index (κ2) is 6.83. The summed E-state index contributed by atoms with van der Waals surface area (Å²) in [7, 11) is 0. The molecule has 2 rings (SSSR count). The number of carbonyl (C=O) groups is 2. The van der Waals surface area contributed by atoms with Gasteiger partial charge in [0.05, 0.1) is 16.8 Å². The summed E-state index contributed by atoms with van der Waals surface area (Å²) in [5, 5.41) is 13.2. The van der Waals surface area contributed by atoms with Crippen molar-refractivity contribution in [2.75, 3.05) is 10.6 Å². The summed E-state index contributed by atoms with van der Waals surface area (Å²) in [6.07, 6.45) is -4.56. The molecule has 0 saturated heterocycles. The molecule has 0 spiro atoms. The maximum Gasteiger partial charge on any atom is 0.416 e. The third-order valence-corrected chi connectivity index (χ3v) is 2.95. The van der Waals surface area contributed by atoms with Gasteiger partial charge in [0.15, 0.2) is 0 Å². The number of alkyl halides is 3. The molecule has 2 N–H and O–H groups in total. The van der Waals surface area contributed by atoms with E-state index >= 15 is 0 Å². The Hall–Kier alpha value is -3.34. The fourth-order valence-corrected chi connectivity index (χ4v) is 1.83. The minimum Gasteiger partial charge on any atom is -0.318 e. The molecular weight excluding hydrogens is 323 g/mol. The zero-order chi connectivity index (χ0) is 17.7. The number of halogens is 3. The maximum absolute atomic E-state index is 12.6. The minimum atomic E-state index is -4.56. The summed E-state index contributed by atoms with van der Waals surface area (Å²) in [6, 6.07) is 11.7. The monoisotopic (exact) mass is 333 g/mol. The Morgan fingerprint density at radius 1 is 0.958 bits per heavy atom. The molecule has 0 aliphatic carbocycles. The highest BCUT2D eigenvalue weighted by atomic mass is 19.4. The van der Waals surface area contributed by atoms with Crippen molar-refractivity contribution in [1.29, 1.82) is 5.26 Å². The van der Waals surface area contributed by atoms with Crippen molar-refractivity contribution in [2.45, 2.75) is 6.18 Å². The first kappa shape index (κ1) is 17.0. The second-order valence-corrected chi connectivity index (χ2v) is 4.64. The molecule has 0 aliphatic rings. The molecule has 8 heteroatoms. The van der Waals surface area contributed by atoms with Gasteiger partial charge in [0.25, 0.3) is 0 Å². The first-order chi connectivity index (χ1) is 11.3. The van der Waals surface area contributed by atoms with Crippen molar-refractivity contribution < 1.29 is 22.8 Å². The SMILES string of the molecule is N#Cc1ccccc1NC(=O)C(=O)Nc1cccc(C(F)(F)F)c1. The molecular formula is C16H10F3N3O2. The maximum atomic E-state index is 12.6. The lowest BCUT2D eigenvalue weighted by atomic mass is 10.2. The molecule has 0 bridgehead atoms. The zero-order valence-electron chi connectivity index (χ0n) is 12.0. The Labute approximate surface area is 134 Å². The quantitative estimate of drug-likeness (QED) is 0.828. The lowest BCUT2D eigenvalue weighted by Crippen LogP contribution is -2.29. The molecule has 0 heterocycles. The molecule has 0 unspecified atom stereocenters. The molecule has 0 radical (unpaired) electrons. The predicted octanol–water partition coefficient (Wildman–Crippen LogP) is 3.15. The number of rotatable bonds is 2. The van der Waals surface area contributed by atoms with Gasteiger partial charge in [-0.25, -0.2) is 0 Å². The van der Waals surface area contributed by atoms with Gasteiger partial charge < -0.3 is 10.6 Å². The van der Waals surface area contributed by atoms with E-state index in [1.807, 2.05) is 6.07 Å². The molecule has 2 aromatic rings. The summed E-state index contributed by atoms with van der Waals surface area (Å²) >= 11 is 0. The van der Waals surface area contributed by atoms with Crippen molar-refractivity contribution in [3.63, 3.8) is 0 Å². The van der Waals surface area contributed by atoms with Gasteiger partial charge in [-0.2, -0.15) is 18.4 Å². The predicted molar refractivity (Wildman–Crippen MR) is 79.9 cm³/mol. The highest BCUT2D eigenvalue weighted by Gasteiger charge is 2.30. The van der Waals surface area contributed by atoms with E-state index in [1.165, 1.54) is 18.2 Å². The Balaban J connectivity index is 2.10. The van der Waals surface area contributed by atoms with Crippen LogP contribution in [0.3, 0.4) is 0 Å². The molecule has 2 aromatic carbocycles. The highest BCUT2D eigenvalue weighted by molar-refractivity contribution is 6.43. The van der Waals surface area contributed by atoms with Crippen molar-refractivity contribution in [2.24, 2.45) is 0 Å². The molecule has 122 valence electrons. The van der Waals surface area contributed by atoms with Gasteiger partial charge in [-0.15, -0.1) is 0 Å². The van der Waals surface area contributed by atoms with E-state index < -0.39 is 23.6 Å². The van der Waals surface area contributed by atoms with Crippen molar-refractivity contribution in [1.82, 2.24) is 0 Å². The lowest BCUT2D eigenvalue weighted by Gasteiger charge is -2.10. The number of nitrogens with zero attached hydrogens (tertiary/aromatic N) is 1. The van der Waals surface area contributed by atoms with Gasteiger partial charge >= 0.3 is 18.0 Å². The van der Waals surface area contributed by atoms with Crippen molar-refractivity contribution in [3.05, 3.63) is 59.7 Å². The van der Waals surface area contributed by atoms with Crippen LogP contribution in [0, 0.1) is 11.3 Å². The number of carbonyl (C=O) groups excluding carboxylic acids is 2. The van der Waals surface area contributed by atoms with Gasteiger partial charge in [-0.1, -0.05) is 18.2 Å². The van der Waals surface area contributed by atoms with Gasteiger partial charge in [-0.3, -0.25) is 9.59 Å². The summed E-state index contributed by atoms with van der Waals surface area (Å²) in [5.74, 6) is -2.25. The zero-order valence-corrected chi connectivity index (χ0v) is 12.0. The Bertz CT molecular complexity index is 826. The second-order valence-electron chi connectivity index (χ2n) is 4.64. The van der Waals surface area contributed by atoms with E-state index in [0.29, 0.717) is 6.07 Å². The van der Waals surface area contributed by atoms with Crippen molar-refractivity contribution in [3.8, 4) is 6.07 Å². The number of nitriles is 1. The van der Waals surface area contributed by atoms with Gasteiger partial charge in [0.2, 0.25) is 0 Å². The summed E-state index contributed by atoms with van der Waals surface area (Å²) in [6.45, 7) is 0. The van der Waals surface area contributed by atoms with Crippen LogP contribution in [0.5, 0.6) is 0 Å². The van der Waals surface area contributed by atoms with E-state index in [4.69, 9.17) is 5.26 Å². The van der Waals surface area contributed by atoms with Crippen LogP contribution < -0.4 is 10.6 Å². The Morgan fingerprint density at radius 3 is 2.29 bits per heavy atom. The fraction of sp³-hybridized carbons (Fsp3) is 0.0625. The Kier molecular flexibility index (Phi) is 4.84. The molecule has 24 heavy (non-hydrogen) atoms. The summed E-state index contributed by atoms with van der Waals surface area (Å²) in [5.41, 5.74) is -0.837. The number of hydrogen-bond donors (Lipinski definition) is 2. The average molecular weight is 333 g/mol. The van der Waals surface area contributed by atoms with Crippen LogP contribution in [0.15, 0.2) is 48.5 Å². The van der Waals surface area contributed by atoms with E-state index in [1.54, 1.807) is 12.1 Å². The van der Waals surface area contributed by atoms with Gasteiger partial charge in [0, 0.05) is 5.69 Å². The van der Waals surface area contributed by atoms with Gasteiger partial charge in [-0.05, 0) is 30.3 Å². The number of para-hydroxylation sites is 1. The van der Waals surface area contributed by atoms with Crippen LogP contribution in [-0.2, 0) is 15.8 Å². The first-order valence-corrected chi connectivity index (χ1v) is 6.60. The number of amides is 2. The van der Waals surface area contributed by atoms with Crippen LogP contribution in [0.4, 0.5) is 24.5 Å². The third kappa shape index (κ3) is 4.10. The van der Waals surface area contributed by atoms with Crippen LogP contribution in [0.25, 0.3) is 0 Å². The first-order valence-electron chi connectivity index (χ1n) is 6.60. The largest absolute Gasteiger partial charge is 0.416 e. The van der Waals surface area contributed by atoms with E-state index in [9.17, 15) is 22.8 Å². The topological polar surface area (TPSA) is 82.0 Å².